The standard InChI is InChI=1S/C26H38O7/c1-14-10-9-11-26(8,33-18(5)29)24-22-21(19(12-14)31-24)15(2)13-20(30-16(3)27)23(22)25(6,7)32-17(4)28/h10,19-24H,2,9,11-13H2,1,3-8H3/b14-10+/t19-,20-,21-,22+,23+,24-,26-/m1/s1. The third-order valence-electron chi connectivity index (χ3n) is 7.40. The molecule has 3 rings (SSSR count). The van der Waals surface area contributed by atoms with Gasteiger partial charge in [0.1, 0.15) is 23.4 Å². The van der Waals surface area contributed by atoms with Crippen LogP contribution in [0.25, 0.3) is 0 Å². The van der Waals surface area contributed by atoms with Crippen molar-refractivity contribution in [1.29, 1.82) is 0 Å². The number of ether oxygens (including phenoxy) is 4. The molecule has 7 nitrogen and oxygen atoms in total. The number of carbonyl (C=O) groups excluding carboxylic acids is 3. The van der Waals surface area contributed by atoms with Crippen LogP contribution in [0.4, 0.5) is 0 Å². The van der Waals surface area contributed by atoms with Crippen LogP contribution in [0.3, 0.4) is 0 Å². The largest absolute Gasteiger partial charge is 0.462 e. The molecule has 0 aromatic rings. The first-order chi connectivity index (χ1) is 15.2. The highest BCUT2D eigenvalue weighted by molar-refractivity contribution is 5.67. The molecule has 0 N–H and O–H groups in total. The number of rotatable bonds is 4. The summed E-state index contributed by atoms with van der Waals surface area (Å²) in [4.78, 5) is 36.2. The average Bonchev–Trinajstić information content (AvgIpc) is 3.00. The number of allylic oxidation sites excluding steroid dienone is 1. The van der Waals surface area contributed by atoms with Crippen molar-refractivity contribution in [2.24, 2.45) is 17.8 Å². The van der Waals surface area contributed by atoms with Crippen molar-refractivity contribution in [3.05, 3.63) is 23.8 Å². The van der Waals surface area contributed by atoms with E-state index in [1.807, 2.05) is 20.8 Å². The molecule has 1 saturated heterocycles. The maximum Gasteiger partial charge on any atom is 0.303 e. The van der Waals surface area contributed by atoms with Gasteiger partial charge in [-0.15, -0.1) is 0 Å². The average molecular weight is 463 g/mol. The van der Waals surface area contributed by atoms with Crippen LogP contribution in [0, 0.1) is 17.8 Å². The van der Waals surface area contributed by atoms with E-state index in [9.17, 15) is 14.4 Å². The molecule has 0 spiro atoms. The summed E-state index contributed by atoms with van der Waals surface area (Å²) in [6.45, 7) is 16.2. The molecule has 7 atom stereocenters. The van der Waals surface area contributed by atoms with E-state index in [4.69, 9.17) is 18.9 Å². The van der Waals surface area contributed by atoms with Crippen LogP contribution in [0.5, 0.6) is 0 Å². The highest BCUT2D eigenvalue weighted by Crippen LogP contribution is 2.57. The first-order valence-corrected chi connectivity index (χ1v) is 11.8. The van der Waals surface area contributed by atoms with Gasteiger partial charge in [0.15, 0.2) is 0 Å². The minimum atomic E-state index is -0.946. The summed E-state index contributed by atoms with van der Waals surface area (Å²) >= 11 is 0. The molecule has 0 aromatic heterocycles. The molecule has 0 amide bonds. The fourth-order valence-corrected chi connectivity index (χ4v) is 6.51. The van der Waals surface area contributed by atoms with E-state index in [2.05, 4.69) is 19.6 Å². The number of hydrogen-bond acceptors (Lipinski definition) is 7. The molecule has 3 aliphatic rings. The van der Waals surface area contributed by atoms with Crippen molar-refractivity contribution in [2.45, 2.75) is 104 Å². The second-order valence-electron chi connectivity index (χ2n) is 10.6. The third kappa shape index (κ3) is 5.18. The Balaban J connectivity index is 2.17. The summed E-state index contributed by atoms with van der Waals surface area (Å²) in [5.74, 6) is -1.80. The van der Waals surface area contributed by atoms with Gasteiger partial charge in [-0.1, -0.05) is 23.8 Å². The lowest BCUT2D eigenvalue weighted by molar-refractivity contribution is -0.195. The first kappa shape index (κ1) is 25.5. The molecule has 2 bridgehead atoms. The predicted octanol–water partition coefficient (Wildman–Crippen LogP) is 4.29. The molecule has 2 aliphatic heterocycles. The topological polar surface area (TPSA) is 88.1 Å². The fraction of sp³-hybridized carbons (Fsp3) is 0.731. The van der Waals surface area contributed by atoms with Gasteiger partial charge in [0.25, 0.3) is 0 Å². The molecular formula is C26H38O7. The van der Waals surface area contributed by atoms with Crippen molar-refractivity contribution < 1.29 is 33.3 Å². The summed E-state index contributed by atoms with van der Waals surface area (Å²) in [5, 5.41) is 0. The van der Waals surface area contributed by atoms with Crippen LogP contribution in [0.2, 0.25) is 0 Å². The molecular weight excluding hydrogens is 424 g/mol. The summed E-state index contributed by atoms with van der Waals surface area (Å²) in [6.07, 6.45) is 3.60. The lowest BCUT2D eigenvalue weighted by Crippen LogP contribution is -2.58. The fourth-order valence-electron chi connectivity index (χ4n) is 6.51. The van der Waals surface area contributed by atoms with E-state index in [0.717, 1.165) is 18.4 Å². The Morgan fingerprint density at radius 1 is 1.12 bits per heavy atom. The van der Waals surface area contributed by atoms with E-state index in [1.165, 1.54) is 26.3 Å². The number of fused-ring (bicyclic) bond motifs is 5. The SMILES string of the molecule is C=C1C[C@@H](OC(C)=O)[C@H](C(C)(C)OC(C)=O)[C@@H]2[C@H]1[C@H]1C/C(C)=C/CC[C@@](C)(OC(C)=O)[C@@H]2O1. The normalized spacial score (nSPS) is 38.0. The summed E-state index contributed by atoms with van der Waals surface area (Å²) in [7, 11) is 0. The van der Waals surface area contributed by atoms with Crippen LogP contribution in [-0.4, -0.2) is 47.4 Å². The molecule has 1 saturated carbocycles. The minimum absolute atomic E-state index is 0.0435. The Hall–Kier alpha value is -2.15. The van der Waals surface area contributed by atoms with Crippen molar-refractivity contribution >= 4 is 17.9 Å². The molecule has 1 aliphatic carbocycles. The monoisotopic (exact) mass is 462 g/mol. The quantitative estimate of drug-likeness (QED) is 0.350. The lowest BCUT2D eigenvalue weighted by Gasteiger charge is -2.50. The van der Waals surface area contributed by atoms with Gasteiger partial charge in [0.05, 0.1) is 6.10 Å². The first-order valence-electron chi connectivity index (χ1n) is 11.8. The Kier molecular flexibility index (Phi) is 7.13. The van der Waals surface area contributed by atoms with Crippen molar-refractivity contribution in [3.8, 4) is 0 Å². The number of carbonyl (C=O) groups is 3. The highest BCUT2D eigenvalue weighted by Gasteiger charge is 2.63. The molecule has 0 unspecified atom stereocenters. The van der Waals surface area contributed by atoms with Crippen LogP contribution in [0.15, 0.2) is 23.8 Å². The maximum atomic E-state index is 12.1. The van der Waals surface area contributed by atoms with Crippen LogP contribution >= 0.6 is 0 Å². The zero-order valence-electron chi connectivity index (χ0n) is 20.9. The van der Waals surface area contributed by atoms with E-state index in [0.29, 0.717) is 12.8 Å². The van der Waals surface area contributed by atoms with Gasteiger partial charge in [-0.2, -0.15) is 0 Å². The van der Waals surface area contributed by atoms with Gasteiger partial charge in [0.2, 0.25) is 0 Å². The molecule has 2 heterocycles. The third-order valence-corrected chi connectivity index (χ3v) is 7.40. The van der Waals surface area contributed by atoms with Crippen LogP contribution in [-0.2, 0) is 33.3 Å². The number of hydrogen-bond donors (Lipinski definition) is 0. The lowest BCUT2D eigenvalue weighted by atomic mass is 9.59. The Morgan fingerprint density at radius 3 is 2.36 bits per heavy atom. The van der Waals surface area contributed by atoms with E-state index >= 15 is 0 Å². The molecule has 184 valence electrons. The zero-order chi connectivity index (χ0) is 24.7. The summed E-state index contributed by atoms with van der Waals surface area (Å²) < 4.78 is 24.2. The molecule has 0 aromatic carbocycles. The van der Waals surface area contributed by atoms with Crippen molar-refractivity contribution in [2.75, 3.05) is 0 Å². The number of esters is 3. The van der Waals surface area contributed by atoms with E-state index in [1.54, 1.807) is 0 Å². The van der Waals surface area contributed by atoms with E-state index in [-0.39, 0.29) is 29.8 Å². The van der Waals surface area contributed by atoms with Crippen molar-refractivity contribution in [1.82, 2.24) is 0 Å². The second-order valence-corrected chi connectivity index (χ2v) is 10.6. The Morgan fingerprint density at radius 2 is 1.79 bits per heavy atom. The molecule has 2 fully saturated rings. The Labute approximate surface area is 196 Å². The van der Waals surface area contributed by atoms with Gasteiger partial charge < -0.3 is 18.9 Å². The molecule has 33 heavy (non-hydrogen) atoms. The minimum Gasteiger partial charge on any atom is -0.462 e. The molecule has 0 radical (unpaired) electrons. The second kappa shape index (κ2) is 9.24. The summed E-state index contributed by atoms with van der Waals surface area (Å²) in [6, 6.07) is 0. The van der Waals surface area contributed by atoms with Gasteiger partial charge in [0, 0.05) is 44.9 Å². The maximum absolute atomic E-state index is 12.1. The van der Waals surface area contributed by atoms with Gasteiger partial charge in [-0.05, 0) is 47.0 Å². The van der Waals surface area contributed by atoms with Gasteiger partial charge in [-0.3, -0.25) is 14.4 Å². The Bertz CT molecular complexity index is 857. The zero-order valence-corrected chi connectivity index (χ0v) is 20.9. The highest BCUT2D eigenvalue weighted by atomic mass is 16.6. The van der Waals surface area contributed by atoms with Crippen LogP contribution in [0.1, 0.15) is 74.1 Å². The molecule has 7 heteroatoms. The van der Waals surface area contributed by atoms with Gasteiger partial charge in [-0.25, -0.2) is 0 Å². The smallest absolute Gasteiger partial charge is 0.303 e. The van der Waals surface area contributed by atoms with Gasteiger partial charge >= 0.3 is 17.9 Å². The summed E-state index contributed by atoms with van der Waals surface area (Å²) in [5.41, 5.74) is 0.329. The van der Waals surface area contributed by atoms with Crippen LogP contribution < -0.4 is 0 Å². The predicted molar refractivity (Wildman–Crippen MR) is 122 cm³/mol. The van der Waals surface area contributed by atoms with Crippen molar-refractivity contribution in [3.63, 3.8) is 0 Å². The van der Waals surface area contributed by atoms with E-state index < -0.39 is 35.3 Å².